The number of halogens is 2. The smallest absolute Gasteiger partial charge is 0.139 e. The van der Waals surface area contributed by atoms with Crippen molar-refractivity contribution in [3.63, 3.8) is 0 Å². The van der Waals surface area contributed by atoms with E-state index in [1.54, 1.807) is 0 Å². The van der Waals surface area contributed by atoms with Crippen molar-refractivity contribution in [2.75, 3.05) is 13.1 Å². The van der Waals surface area contributed by atoms with Crippen LogP contribution in [0.15, 0.2) is 18.2 Å². The number of piperidine rings is 1. The van der Waals surface area contributed by atoms with Gasteiger partial charge in [-0.3, -0.25) is 0 Å². The van der Waals surface area contributed by atoms with Crippen LogP contribution in [0.5, 0.6) is 0 Å². The number of hydrogen-bond acceptors (Lipinski definition) is 2. The van der Waals surface area contributed by atoms with Crippen LogP contribution in [-0.2, 0) is 0 Å². The lowest BCUT2D eigenvalue weighted by Crippen LogP contribution is -2.28. The van der Waals surface area contributed by atoms with Crippen molar-refractivity contribution < 1.29 is 0 Å². The van der Waals surface area contributed by atoms with Crippen molar-refractivity contribution in [2.24, 2.45) is 0 Å². The highest BCUT2D eigenvalue weighted by Crippen LogP contribution is 2.26. The van der Waals surface area contributed by atoms with Gasteiger partial charge in [-0.2, -0.15) is 0 Å². The van der Waals surface area contributed by atoms with E-state index in [9.17, 15) is 0 Å². The lowest BCUT2D eigenvalue weighted by Gasteiger charge is -2.21. The highest BCUT2D eigenvalue weighted by atomic mass is 79.9. The van der Waals surface area contributed by atoms with Gasteiger partial charge in [-0.25, -0.2) is 4.98 Å². The Morgan fingerprint density at radius 3 is 3.00 bits per heavy atom. The van der Waals surface area contributed by atoms with E-state index in [0.717, 1.165) is 24.1 Å². The zero-order valence-corrected chi connectivity index (χ0v) is 11.8. The maximum absolute atomic E-state index is 5.87. The number of rotatable bonds is 1. The summed E-state index contributed by atoms with van der Waals surface area (Å²) in [6, 6.07) is 6.04. The van der Waals surface area contributed by atoms with E-state index >= 15 is 0 Å². The molecule has 0 amide bonds. The van der Waals surface area contributed by atoms with Gasteiger partial charge in [-0.15, -0.1) is 17.0 Å². The molecule has 0 saturated carbocycles. The summed E-state index contributed by atoms with van der Waals surface area (Å²) in [6.45, 7) is 2.20. The molecule has 2 N–H and O–H groups in total. The second-order valence-corrected chi connectivity index (χ2v) is 4.73. The topological polar surface area (TPSA) is 40.7 Å². The average Bonchev–Trinajstić information content (AvgIpc) is 2.73. The molecule has 92 valence electrons. The third-order valence-electron chi connectivity index (χ3n) is 3.20. The van der Waals surface area contributed by atoms with Crippen molar-refractivity contribution in [3.8, 4) is 0 Å². The Kier molecular flexibility index (Phi) is 4.07. The monoisotopic (exact) mass is 315 g/mol. The van der Waals surface area contributed by atoms with Crippen LogP contribution in [0.4, 0.5) is 0 Å². The third kappa shape index (κ3) is 2.64. The van der Waals surface area contributed by atoms with Gasteiger partial charge >= 0.3 is 0 Å². The first kappa shape index (κ1) is 12.9. The Bertz CT molecular complexity index is 505. The van der Waals surface area contributed by atoms with E-state index in [2.05, 4.69) is 21.4 Å². The molecule has 3 heterocycles. The van der Waals surface area contributed by atoms with Crippen molar-refractivity contribution >= 4 is 39.6 Å². The van der Waals surface area contributed by atoms with Crippen LogP contribution >= 0.6 is 28.6 Å². The predicted molar refractivity (Wildman–Crippen MR) is 76.3 cm³/mol. The summed E-state index contributed by atoms with van der Waals surface area (Å²) in [6.07, 6.45) is 2.49. The van der Waals surface area contributed by atoms with Crippen LogP contribution in [0.2, 0.25) is 5.15 Å². The fourth-order valence-corrected chi connectivity index (χ4v) is 2.49. The van der Waals surface area contributed by atoms with Crippen LogP contribution in [0.25, 0.3) is 11.0 Å². The molecule has 0 aliphatic carbocycles. The second kappa shape index (κ2) is 5.38. The van der Waals surface area contributed by atoms with Gasteiger partial charge in [0.05, 0.1) is 0 Å². The van der Waals surface area contributed by atoms with Crippen LogP contribution in [0.1, 0.15) is 24.5 Å². The highest BCUT2D eigenvalue weighted by molar-refractivity contribution is 8.93. The lowest BCUT2D eigenvalue weighted by atomic mass is 9.96. The summed E-state index contributed by atoms with van der Waals surface area (Å²) < 4.78 is 0. The minimum absolute atomic E-state index is 0. The number of pyridine rings is 1. The van der Waals surface area contributed by atoms with Crippen LogP contribution < -0.4 is 5.32 Å². The van der Waals surface area contributed by atoms with Crippen LogP contribution in [0.3, 0.4) is 0 Å². The molecule has 2 aromatic rings. The van der Waals surface area contributed by atoms with Gasteiger partial charge in [-0.05, 0) is 37.6 Å². The molecule has 2 aromatic heterocycles. The first-order valence-electron chi connectivity index (χ1n) is 5.69. The molecule has 17 heavy (non-hydrogen) atoms. The van der Waals surface area contributed by atoms with Crippen LogP contribution in [-0.4, -0.2) is 23.1 Å². The van der Waals surface area contributed by atoms with Gasteiger partial charge in [0.2, 0.25) is 0 Å². The molecule has 0 bridgehead atoms. The fraction of sp³-hybridized carbons (Fsp3) is 0.417. The number of hydrogen-bond donors (Lipinski definition) is 2. The first-order chi connectivity index (χ1) is 7.83. The SMILES string of the molecule is Br.Clc1ccc2cc(C3CCCNC3)[nH]c2n1. The largest absolute Gasteiger partial charge is 0.343 e. The number of nitrogens with one attached hydrogen (secondary N) is 2. The fourth-order valence-electron chi connectivity index (χ4n) is 2.34. The lowest BCUT2D eigenvalue weighted by molar-refractivity contribution is 0.456. The van der Waals surface area contributed by atoms with Gasteiger partial charge in [0.1, 0.15) is 10.8 Å². The molecule has 3 nitrogen and oxygen atoms in total. The predicted octanol–water partition coefficient (Wildman–Crippen LogP) is 3.26. The first-order valence-corrected chi connectivity index (χ1v) is 6.06. The summed E-state index contributed by atoms with van der Waals surface area (Å²) in [7, 11) is 0. The minimum Gasteiger partial charge on any atom is -0.343 e. The number of aromatic nitrogens is 2. The van der Waals surface area contributed by atoms with Gasteiger partial charge < -0.3 is 10.3 Å². The van der Waals surface area contributed by atoms with E-state index in [0.29, 0.717) is 11.1 Å². The molecule has 1 atom stereocenters. The molecule has 3 rings (SSSR count). The molecule has 0 radical (unpaired) electrons. The summed E-state index contributed by atoms with van der Waals surface area (Å²) in [4.78, 5) is 7.65. The summed E-state index contributed by atoms with van der Waals surface area (Å²) in [5.41, 5.74) is 2.17. The molecular formula is C12H15BrClN3. The Morgan fingerprint density at radius 1 is 1.35 bits per heavy atom. The number of aromatic amines is 1. The van der Waals surface area contributed by atoms with Crippen molar-refractivity contribution in [3.05, 3.63) is 29.0 Å². The van der Waals surface area contributed by atoms with E-state index < -0.39 is 0 Å². The molecular weight excluding hydrogens is 302 g/mol. The van der Waals surface area contributed by atoms with Crippen LogP contribution in [0, 0.1) is 0 Å². The average molecular weight is 317 g/mol. The van der Waals surface area contributed by atoms with Gasteiger partial charge in [-0.1, -0.05) is 11.6 Å². The van der Waals surface area contributed by atoms with E-state index in [1.165, 1.54) is 18.5 Å². The minimum atomic E-state index is 0. The molecule has 1 unspecified atom stereocenters. The molecule has 1 aliphatic heterocycles. The maximum atomic E-state index is 5.87. The molecule has 1 saturated heterocycles. The number of fused-ring (bicyclic) bond motifs is 1. The van der Waals surface area contributed by atoms with Gasteiger partial charge in [0.15, 0.2) is 0 Å². The Labute approximate surface area is 116 Å². The Hall–Kier alpha value is -0.580. The zero-order chi connectivity index (χ0) is 11.0. The number of nitrogens with zero attached hydrogens (tertiary/aromatic N) is 1. The third-order valence-corrected chi connectivity index (χ3v) is 3.41. The quantitative estimate of drug-likeness (QED) is 0.793. The van der Waals surface area contributed by atoms with Crippen molar-refractivity contribution in [2.45, 2.75) is 18.8 Å². The van der Waals surface area contributed by atoms with E-state index in [4.69, 9.17) is 11.6 Å². The number of H-pyrrole nitrogens is 1. The van der Waals surface area contributed by atoms with Crippen molar-refractivity contribution in [1.29, 1.82) is 0 Å². The zero-order valence-electron chi connectivity index (χ0n) is 9.37. The van der Waals surface area contributed by atoms with E-state index in [-0.39, 0.29) is 17.0 Å². The van der Waals surface area contributed by atoms with Gasteiger partial charge in [0, 0.05) is 23.5 Å². The molecule has 0 spiro atoms. The molecule has 1 aliphatic rings. The molecule has 0 aromatic carbocycles. The summed E-state index contributed by atoms with van der Waals surface area (Å²) in [5.74, 6) is 0.585. The Balaban J connectivity index is 0.00000108. The highest BCUT2D eigenvalue weighted by Gasteiger charge is 2.17. The maximum Gasteiger partial charge on any atom is 0.139 e. The molecule has 5 heteroatoms. The summed E-state index contributed by atoms with van der Waals surface area (Å²) in [5, 5.41) is 5.11. The molecule has 1 fully saturated rings. The van der Waals surface area contributed by atoms with Gasteiger partial charge in [0.25, 0.3) is 0 Å². The standard InChI is InChI=1S/C12H14ClN3.BrH/c13-11-4-3-8-6-10(15-12(8)16-11)9-2-1-5-14-7-9;/h3-4,6,9,14H,1-2,5,7H2,(H,15,16);1H. The van der Waals surface area contributed by atoms with Crippen molar-refractivity contribution in [1.82, 2.24) is 15.3 Å². The van der Waals surface area contributed by atoms with E-state index in [1.807, 2.05) is 12.1 Å². The second-order valence-electron chi connectivity index (χ2n) is 4.34. The Morgan fingerprint density at radius 2 is 2.24 bits per heavy atom. The normalized spacial score (nSPS) is 20.2. The summed E-state index contributed by atoms with van der Waals surface area (Å²) >= 11 is 5.87.